The van der Waals surface area contributed by atoms with E-state index in [1.54, 1.807) is 11.8 Å². The van der Waals surface area contributed by atoms with Crippen LogP contribution in [0.1, 0.15) is 15.9 Å². The number of carbonyl (C=O) groups is 1. The fourth-order valence-electron chi connectivity index (χ4n) is 2.06. The van der Waals surface area contributed by atoms with Crippen LogP contribution in [0.3, 0.4) is 0 Å². The standard InChI is InChI=1S/C13H16F2N2O/c1-9-7-10(12(15)11(14)8-9)13(18)17-5-3-16(2)4-6-17/h7-8H,3-6H2,1-2H3. The van der Waals surface area contributed by atoms with Crippen LogP contribution < -0.4 is 0 Å². The average molecular weight is 254 g/mol. The number of aryl methyl sites for hydroxylation is 1. The molecule has 0 atom stereocenters. The van der Waals surface area contributed by atoms with E-state index in [9.17, 15) is 13.6 Å². The first-order chi connectivity index (χ1) is 8.49. The molecule has 5 heteroatoms. The predicted molar refractivity (Wildman–Crippen MR) is 64.5 cm³/mol. The van der Waals surface area contributed by atoms with Gasteiger partial charge in [0.05, 0.1) is 5.56 Å². The number of piperazine rings is 1. The largest absolute Gasteiger partial charge is 0.336 e. The minimum absolute atomic E-state index is 0.169. The topological polar surface area (TPSA) is 23.6 Å². The summed E-state index contributed by atoms with van der Waals surface area (Å²) in [6, 6.07) is 2.50. The summed E-state index contributed by atoms with van der Waals surface area (Å²) in [6.45, 7) is 4.24. The first-order valence-corrected chi connectivity index (χ1v) is 5.92. The summed E-state index contributed by atoms with van der Waals surface area (Å²) < 4.78 is 26.9. The summed E-state index contributed by atoms with van der Waals surface area (Å²) in [5.41, 5.74) is 0.378. The van der Waals surface area contributed by atoms with Crippen LogP contribution in [0.2, 0.25) is 0 Å². The van der Waals surface area contributed by atoms with Gasteiger partial charge in [0.2, 0.25) is 0 Å². The van der Waals surface area contributed by atoms with E-state index in [2.05, 4.69) is 4.90 Å². The van der Waals surface area contributed by atoms with Gasteiger partial charge in [-0.15, -0.1) is 0 Å². The third-order valence-corrected chi connectivity index (χ3v) is 3.19. The molecule has 0 bridgehead atoms. The molecule has 1 fully saturated rings. The smallest absolute Gasteiger partial charge is 0.257 e. The molecule has 18 heavy (non-hydrogen) atoms. The second kappa shape index (κ2) is 5.02. The maximum absolute atomic E-state index is 13.6. The lowest BCUT2D eigenvalue weighted by Crippen LogP contribution is -2.47. The molecule has 2 rings (SSSR count). The molecule has 1 aromatic carbocycles. The van der Waals surface area contributed by atoms with Crippen molar-refractivity contribution in [3.05, 3.63) is 34.9 Å². The van der Waals surface area contributed by atoms with Crippen molar-refractivity contribution >= 4 is 5.91 Å². The summed E-state index contributed by atoms with van der Waals surface area (Å²) in [7, 11) is 1.97. The normalized spacial score (nSPS) is 17.0. The van der Waals surface area contributed by atoms with Crippen LogP contribution in [0, 0.1) is 18.6 Å². The number of carbonyl (C=O) groups excluding carboxylic acids is 1. The molecule has 98 valence electrons. The molecule has 0 aromatic heterocycles. The maximum Gasteiger partial charge on any atom is 0.257 e. The summed E-state index contributed by atoms with van der Waals surface area (Å²) in [6.07, 6.45) is 0. The number of hydrogen-bond donors (Lipinski definition) is 0. The van der Waals surface area contributed by atoms with Crippen LogP contribution >= 0.6 is 0 Å². The molecule has 0 saturated carbocycles. The lowest BCUT2D eigenvalue weighted by atomic mass is 10.1. The molecular formula is C13H16F2N2O. The number of hydrogen-bond acceptors (Lipinski definition) is 2. The van der Waals surface area contributed by atoms with Crippen molar-refractivity contribution in [2.45, 2.75) is 6.92 Å². The van der Waals surface area contributed by atoms with E-state index in [0.717, 1.165) is 19.2 Å². The highest BCUT2D eigenvalue weighted by Crippen LogP contribution is 2.17. The molecule has 0 radical (unpaired) electrons. The minimum atomic E-state index is -1.05. The predicted octanol–water partition coefficient (Wildman–Crippen LogP) is 1.66. The fraction of sp³-hybridized carbons (Fsp3) is 0.462. The Bertz CT molecular complexity index is 468. The van der Waals surface area contributed by atoms with Gasteiger partial charge in [0, 0.05) is 26.2 Å². The van der Waals surface area contributed by atoms with Gasteiger partial charge in [0.25, 0.3) is 5.91 Å². The second-order valence-corrected chi connectivity index (χ2v) is 4.70. The highest BCUT2D eigenvalue weighted by molar-refractivity contribution is 5.94. The van der Waals surface area contributed by atoms with Crippen LogP contribution in [-0.2, 0) is 0 Å². The molecular weight excluding hydrogens is 238 g/mol. The Morgan fingerprint density at radius 3 is 2.39 bits per heavy atom. The van der Waals surface area contributed by atoms with Gasteiger partial charge >= 0.3 is 0 Å². The van der Waals surface area contributed by atoms with E-state index in [4.69, 9.17) is 0 Å². The summed E-state index contributed by atoms with van der Waals surface area (Å²) in [4.78, 5) is 15.8. The monoisotopic (exact) mass is 254 g/mol. The van der Waals surface area contributed by atoms with Crippen LogP contribution in [0.15, 0.2) is 12.1 Å². The molecule has 1 aromatic rings. The van der Waals surface area contributed by atoms with Gasteiger partial charge in [0.15, 0.2) is 11.6 Å². The number of likely N-dealkylation sites (N-methyl/N-ethyl adjacent to an activating group) is 1. The number of nitrogens with zero attached hydrogens (tertiary/aromatic N) is 2. The summed E-state index contributed by atoms with van der Waals surface area (Å²) in [5.74, 6) is -2.44. The maximum atomic E-state index is 13.6. The van der Waals surface area contributed by atoms with Gasteiger partial charge in [-0.1, -0.05) is 0 Å². The molecule has 1 aliphatic heterocycles. The van der Waals surface area contributed by atoms with Gasteiger partial charge in [-0.3, -0.25) is 4.79 Å². The average Bonchev–Trinajstić information content (AvgIpc) is 2.34. The van der Waals surface area contributed by atoms with E-state index in [0.29, 0.717) is 18.7 Å². The first kappa shape index (κ1) is 13.0. The van der Waals surface area contributed by atoms with Gasteiger partial charge in [-0.25, -0.2) is 8.78 Å². The van der Waals surface area contributed by atoms with E-state index in [-0.39, 0.29) is 5.56 Å². The molecule has 0 N–H and O–H groups in total. The first-order valence-electron chi connectivity index (χ1n) is 5.92. The zero-order chi connectivity index (χ0) is 13.3. The Kier molecular flexibility index (Phi) is 3.61. The molecule has 0 unspecified atom stereocenters. The Hall–Kier alpha value is -1.49. The second-order valence-electron chi connectivity index (χ2n) is 4.70. The summed E-state index contributed by atoms with van der Waals surface area (Å²) >= 11 is 0. The lowest BCUT2D eigenvalue weighted by molar-refractivity contribution is 0.0658. The van der Waals surface area contributed by atoms with Crippen molar-refractivity contribution in [1.29, 1.82) is 0 Å². The molecule has 0 aliphatic carbocycles. The van der Waals surface area contributed by atoms with Crippen molar-refractivity contribution in [3.63, 3.8) is 0 Å². The number of rotatable bonds is 1. The van der Waals surface area contributed by atoms with Crippen LogP contribution in [0.25, 0.3) is 0 Å². The van der Waals surface area contributed by atoms with Crippen LogP contribution in [-0.4, -0.2) is 48.9 Å². The van der Waals surface area contributed by atoms with E-state index >= 15 is 0 Å². The third kappa shape index (κ3) is 2.51. The van der Waals surface area contributed by atoms with Gasteiger partial charge in [-0.05, 0) is 31.7 Å². The van der Waals surface area contributed by atoms with Crippen molar-refractivity contribution in [1.82, 2.24) is 9.80 Å². The molecule has 3 nitrogen and oxygen atoms in total. The van der Waals surface area contributed by atoms with E-state index < -0.39 is 17.5 Å². The SMILES string of the molecule is Cc1cc(F)c(F)c(C(=O)N2CCN(C)CC2)c1. The zero-order valence-corrected chi connectivity index (χ0v) is 10.5. The third-order valence-electron chi connectivity index (χ3n) is 3.19. The quantitative estimate of drug-likeness (QED) is 0.761. The fourth-order valence-corrected chi connectivity index (χ4v) is 2.06. The Labute approximate surface area is 105 Å². The number of benzene rings is 1. The molecule has 1 saturated heterocycles. The Morgan fingerprint density at radius 2 is 1.78 bits per heavy atom. The van der Waals surface area contributed by atoms with E-state index in [1.165, 1.54) is 6.07 Å². The molecule has 1 heterocycles. The van der Waals surface area contributed by atoms with Crippen LogP contribution in [0.5, 0.6) is 0 Å². The number of amides is 1. The Morgan fingerprint density at radius 1 is 1.17 bits per heavy atom. The Balaban J connectivity index is 2.23. The van der Waals surface area contributed by atoms with Crippen molar-refractivity contribution in [2.75, 3.05) is 33.2 Å². The van der Waals surface area contributed by atoms with Gasteiger partial charge in [0.1, 0.15) is 0 Å². The molecule has 1 amide bonds. The highest BCUT2D eigenvalue weighted by Gasteiger charge is 2.24. The minimum Gasteiger partial charge on any atom is -0.336 e. The van der Waals surface area contributed by atoms with E-state index in [1.807, 2.05) is 7.05 Å². The van der Waals surface area contributed by atoms with Crippen molar-refractivity contribution < 1.29 is 13.6 Å². The molecule has 1 aliphatic rings. The summed E-state index contributed by atoms with van der Waals surface area (Å²) in [5, 5.41) is 0. The lowest BCUT2D eigenvalue weighted by Gasteiger charge is -2.32. The zero-order valence-electron chi connectivity index (χ0n) is 10.5. The number of halogens is 2. The highest BCUT2D eigenvalue weighted by atomic mass is 19.2. The van der Waals surface area contributed by atoms with Gasteiger partial charge < -0.3 is 9.80 Å². The van der Waals surface area contributed by atoms with Crippen molar-refractivity contribution in [3.8, 4) is 0 Å². The van der Waals surface area contributed by atoms with Crippen molar-refractivity contribution in [2.24, 2.45) is 0 Å². The van der Waals surface area contributed by atoms with Crippen LogP contribution in [0.4, 0.5) is 8.78 Å². The molecule has 0 spiro atoms. The van der Waals surface area contributed by atoms with Gasteiger partial charge in [-0.2, -0.15) is 0 Å².